The van der Waals surface area contributed by atoms with E-state index < -0.39 is 0 Å². The standard InChI is InChI=1S/C13H12ClNO3/c14-9-1-2-10-11(5-9)13(17)15(12(10)16)6-8-3-4-18-7-8/h1,3-4,7,10-11H,2,5-6H2/t10-,11-/m0/s1. The van der Waals surface area contributed by atoms with Crippen molar-refractivity contribution in [3.05, 3.63) is 35.3 Å². The van der Waals surface area contributed by atoms with Gasteiger partial charge in [-0.15, -0.1) is 0 Å². The van der Waals surface area contributed by atoms with Gasteiger partial charge in [-0.05, 0) is 18.9 Å². The molecular weight excluding hydrogens is 254 g/mol. The second kappa shape index (κ2) is 4.28. The van der Waals surface area contributed by atoms with Crippen molar-refractivity contribution in [3.8, 4) is 0 Å². The minimum atomic E-state index is -0.276. The molecule has 0 saturated carbocycles. The third-order valence-corrected chi connectivity index (χ3v) is 3.89. The van der Waals surface area contributed by atoms with Gasteiger partial charge in [0, 0.05) is 10.6 Å². The van der Waals surface area contributed by atoms with Crippen LogP contribution in [-0.4, -0.2) is 16.7 Å². The summed E-state index contributed by atoms with van der Waals surface area (Å²) in [5.74, 6) is -0.710. The van der Waals surface area contributed by atoms with Crippen molar-refractivity contribution in [2.45, 2.75) is 19.4 Å². The maximum absolute atomic E-state index is 12.2. The van der Waals surface area contributed by atoms with Gasteiger partial charge in [0.05, 0.1) is 30.9 Å². The van der Waals surface area contributed by atoms with Crippen LogP contribution in [0.15, 0.2) is 34.1 Å². The molecule has 1 aromatic rings. The molecule has 2 aliphatic rings. The number of carbonyl (C=O) groups is 2. The number of halogens is 1. The summed E-state index contributed by atoms with van der Waals surface area (Å²) < 4.78 is 4.95. The molecule has 1 saturated heterocycles. The zero-order valence-corrected chi connectivity index (χ0v) is 10.4. The number of fused-ring (bicyclic) bond motifs is 1. The maximum Gasteiger partial charge on any atom is 0.233 e. The highest BCUT2D eigenvalue weighted by atomic mass is 35.5. The molecule has 1 aliphatic heterocycles. The second-order valence-electron chi connectivity index (χ2n) is 4.70. The Morgan fingerprint density at radius 3 is 2.83 bits per heavy atom. The Kier molecular flexibility index (Phi) is 2.74. The zero-order chi connectivity index (χ0) is 12.7. The molecule has 0 spiro atoms. The smallest absolute Gasteiger partial charge is 0.233 e. The van der Waals surface area contributed by atoms with E-state index in [1.165, 1.54) is 11.2 Å². The van der Waals surface area contributed by atoms with Gasteiger partial charge >= 0.3 is 0 Å². The van der Waals surface area contributed by atoms with Crippen LogP contribution in [0.2, 0.25) is 0 Å². The summed E-state index contributed by atoms with van der Waals surface area (Å²) in [4.78, 5) is 25.7. The molecule has 1 aromatic heterocycles. The lowest BCUT2D eigenvalue weighted by molar-refractivity contribution is -0.140. The monoisotopic (exact) mass is 265 g/mol. The van der Waals surface area contributed by atoms with Crippen LogP contribution in [0.5, 0.6) is 0 Å². The van der Waals surface area contributed by atoms with E-state index in [2.05, 4.69) is 0 Å². The van der Waals surface area contributed by atoms with E-state index in [1.807, 2.05) is 6.08 Å². The van der Waals surface area contributed by atoms with Crippen LogP contribution in [0.4, 0.5) is 0 Å². The third kappa shape index (κ3) is 1.77. The zero-order valence-electron chi connectivity index (χ0n) is 9.64. The number of carbonyl (C=O) groups excluding carboxylic acids is 2. The number of amides is 2. The molecule has 2 amide bonds. The number of imide groups is 1. The summed E-state index contributed by atoms with van der Waals surface area (Å²) in [7, 11) is 0. The fourth-order valence-corrected chi connectivity index (χ4v) is 2.87. The second-order valence-corrected chi connectivity index (χ2v) is 5.18. The predicted molar refractivity (Wildman–Crippen MR) is 64.4 cm³/mol. The molecule has 18 heavy (non-hydrogen) atoms. The molecule has 0 radical (unpaired) electrons. The number of allylic oxidation sites excluding steroid dienone is 2. The molecule has 0 N–H and O–H groups in total. The van der Waals surface area contributed by atoms with Crippen molar-refractivity contribution in [2.24, 2.45) is 11.8 Å². The van der Waals surface area contributed by atoms with E-state index in [0.29, 0.717) is 24.4 Å². The molecule has 2 heterocycles. The lowest BCUT2D eigenvalue weighted by Gasteiger charge is -2.17. The third-order valence-electron chi connectivity index (χ3n) is 3.58. The Bertz CT molecular complexity index is 520. The van der Waals surface area contributed by atoms with Gasteiger partial charge in [0.2, 0.25) is 11.8 Å². The van der Waals surface area contributed by atoms with Crippen LogP contribution in [0.3, 0.4) is 0 Å². The Balaban J connectivity index is 1.82. The van der Waals surface area contributed by atoms with E-state index in [9.17, 15) is 9.59 Å². The lowest BCUT2D eigenvalue weighted by atomic mass is 9.85. The molecule has 4 nitrogen and oxygen atoms in total. The van der Waals surface area contributed by atoms with Crippen molar-refractivity contribution >= 4 is 23.4 Å². The summed E-state index contributed by atoms with van der Waals surface area (Å²) in [5, 5.41) is 0.683. The predicted octanol–water partition coefficient (Wildman–Crippen LogP) is 2.30. The topological polar surface area (TPSA) is 50.5 Å². The normalized spacial score (nSPS) is 27.4. The highest BCUT2D eigenvalue weighted by Gasteiger charge is 2.48. The largest absolute Gasteiger partial charge is 0.472 e. The average molecular weight is 266 g/mol. The van der Waals surface area contributed by atoms with Crippen LogP contribution in [-0.2, 0) is 16.1 Å². The van der Waals surface area contributed by atoms with Gasteiger partial charge in [-0.25, -0.2) is 0 Å². The number of nitrogens with zero attached hydrogens (tertiary/aromatic N) is 1. The van der Waals surface area contributed by atoms with E-state index in [0.717, 1.165) is 5.56 Å². The average Bonchev–Trinajstić information content (AvgIpc) is 2.93. The first-order valence-corrected chi connectivity index (χ1v) is 6.25. The molecule has 0 aromatic carbocycles. The fraction of sp³-hybridized carbons (Fsp3) is 0.385. The van der Waals surface area contributed by atoms with E-state index in [1.54, 1.807) is 12.3 Å². The summed E-state index contributed by atoms with van der Waals surface area (Å²) in [6.45, 7) is 0.290. The van der Waals surface area contributed by atoms with Gasteiger partial charge in [0.25, 0.3) is 0 Å². The summed E-state index contributed by atoms with van der Waals surface area (Å²) in [6, 6.07) is 1.76. The van der Waals surface area contributed by atoms with Crippen molar-refractivity contribution in [1.29, 1.82) is 0 Å². The molecule has 5 heteroatoms. The Morgan fingerprint density at radius 1 is 1.33 bits per heavy atom. The first-order valence-electron chi connectivity index (χ1n) is 5.87. The van der Waals surface area contributed by atoms with Crippen LogP contribution < -0.4 is 0 Å². The van der Waals surface area contributed by atoms with Crippen molar-refractivity contribution in [3.63, 3.8) is 0 Å². The molecular formula is C13H12ClNO3. The number of likely N-dealkylation sites (tertiary alicyclic amines) is 1. The van der Waals surface area contributed by atoms with Gasteiger partial charge < -0.3 is 4.42 Å². The van der Waals surface area contributed by atoms with Crippen LogP contribution in [0.1, 0.15) is 18.4 Å². The first-order chi connectivity index (χ1) is 8.66. The molecule has 94 valence electrons. The van der Waals surface area contributed by atoms with Crippen LogP contribution >= 0.6 is 11.6 Å². The van der Waals surface area contributed by atoms with Crippen LogP contribution in [0, 0.1) is 11.8 Å². The van der Waals surface area contributed by atoms with Crippen LogP contribution in [0.25, 0.3) is 0 Å². The van der Waals surface area contributed by atoms with Gasteiger partial charge in [0.1, 0.15) is 0 Å². The quantitative estimate of drug-likeness (QED) is 0.771. The Morgan fingerprint density at radius 2 is 2.11 bits per heavy atom. The van der Waals surface area contributed by atoms with E-state index in [4.69, 9.17) is 16.0 Å². The van der Waals surface area contributed by atoms with E-state index in [-0.39, 0.29) is 23.7 Å². The SMILES string of the molecule is O=C1[C@H]2CC=C(Cl)C[C@@H]2C(=O)N1Cc1ccoc1. The van der Waals surface area contributed by atoms with Crippen molar-refractivity contribution < 1.29 is 14.0 Å². The number of hydrogen-bond donors (Lipinski definition) is 0. The first kappa shape index (κ1) is 11.5. The molecule has 1 aliphatic carbocycles. The summed E-state index contributed by atoms with van der Waals surface area (Å²) in [6.07, 6.45) is 5.98. The Labute approximate surface area is 109 Å². The molecule has 3 rings (SSSR count). The number of furan rings is 1. The lowest BCUT2D eigenvalue weighted by Crippen LogP contribution is -2.30. The Hall–Kier alpha value is -1.55. The van der Waals surface area contributed by atoms with Gasteiger partial charge in [0.15, 0.2) is 0 Å². The molecule has 1 fully saturated rings. The van der Waals surface area contributed by atoms with Crippen molar-refractivity contribution in [2.75, 3.05) is 0 Å². The summed E-state index contributed by atoms with van der Waals surface area (Å²) in [5.41, 5.74) is 0.828. The minimum Gasteiger partial charge on any atom is -0.472 e. The number of hydrogen-bond acceptors (Lipinski definition) is 3. The maximum atomic E-state index is 12.2. The molecule has 0 unspecified atom stereocenters. The van der Waals surface area contributed by atoms with E-state index >= 15 is 0 Å². The number of rotatable bonds is 2. The fourth-order valence-electron chi connectivity index (χ4n) is 2.62. The van der Waals surface area contributed by atoms with Crippen molar-refractivity contribution in [1.82, 2.24) is 4.90 Å². The highest BCUT2D eigenvalue weighted by Crippen LogP contribution is 2.39. The van der Waals surface area contributed by atoms with Gasteiger partial charge in [-0.2, -0.15) is 0 Å². The minimum absolute atomic E-state index is 0.0911. The van der Waals surface area contributed by atoms with Gasteiger partial charge in [-0.3, -0.25) is 14.5 Å². The molecule has 0 bridgehead atoms. The summed E-state index contributed by atoms with van der Waals surface area (Å²) >= 11 is 5.95. The van der Waals surface area contributed by atoms with Gasteiger partial charge in [-0.1, -0.05) is 17.7 Å². The molecule has 2 atom stereocenters. The highest BCUT2D eigenvalue weighted by molar-refractivity contribution is 6.30.